The van der Waals surface area contributed by atoms with Crippen molar-refractivity contribution in [2.45, 2.75) is 19.9 Å². The Morgan fingerprint density at radius 3 is 2.94 bits per heavy atom. The summed E-state index contributed by atoms with van der Waals surface area (Å²) in [5.74, 6) is -1.25. The van der Waals surface area contributed by atoms with E-state index < -0.39 is 11.6 Å². The number of imidazole rings is 1. The lowest BCUT2D eigenvalue weighted by molar-refractivity contribution is 0.511. The number of benzene rings is 1. The standard InChI is InChI=1S/C12H13F2N3/c1-2-7-17-8-6-15-12(17)16-10-5-3-4-9(13)11(10)14/h3-6,8H,2,7H2,1H3,(H,15,16). The third-order valence-corrected chi connectivity index (χ3v) is 2.38. The van der Waals surface area contributed by atoms with Gasteiger partial charge in [0.1, 0.15) is 0 Å². The van der Waals surface area contributed by atoms with E-state index in [1.54, 1.807) is 12.4 Å². The Hall–Kier alpha value is -1.91. The number of rotatable bonds is 4. The van der Waals surface area contributed by atoms with Crippen molar-refractivity contribution < 1.29 is 8.78 Å². The molecular formula is C12H13F2N3. The highest BCUT2D eigenvalue weighted by atomic mass is 19.2. The first kappa shape index (κ1) is 11.6. The van der Waals surface area contributed by atoms with Crippen LogP contribution in [0.5, 0.6) is 0 Å². The van der Waals surface area contributed by atoms with Crippen molar-refractivity contribution in [3.8, 4) is 0 Å². The van der Waals surface area contributed by atoms with Gasteiger partial charge in [0.05, 0.1) is 5.69 Å². The Morgan fingerprint density at radius 1 is 1.35 bits per heavy atom. The van der Waals surface area contributed by atoms with Gasteiger partial charge >= 0.3 is 0 Å². The van der Waals surface area contributed by atoms with Gasteiger partial charge in [-0.1, -0.05) is 13.0 Å². The van der Waals surface area contributed by atoms with Crippen LogP contribution in [0.1, 0.15) is 13.3 Å². The fourth-order valence-corrected chi connectivity index (χ4v) is 1.58. The van der Waals surface area contributed by atoms with E-state index in [1.165, 1.54) is 12.1 Å². The van der Waals surface area contributed by atoms with E-state index in [0.717, 1.165) is 19.0 Å². The van der Waals surface area contributed by atoms with Crippen molar-refractivity contribution in [2.75, 3.05) is 5.32 Å². The normalized spacial score (nSPS) is 10.5. The Kier molecular flexibility index (Phi) is 3.37. The van der Waals surface area contributed by atoms with Crippen LogP contribution in [-0.4, -0.2) is 9.55 Å². The average Bonchev–Trinajstić information content (AvgIpc) is 2.73. The lowest BCUT2D eigenvalue weighted by Crippen LogP contribution is -2.04. The van der Waals surface area contributed by atoms with Gasteiger partial charge in [-0.15, -0.1) is 0 Å². The molecule has 1 aromatic carbocycles. The second kappa shape index (κ2) is 4.95. The number of hydrogen-bond donors (Lipinski definition) is 1. The summed E-state index contributed by atoms with van der Waals surface area (Å²) >= 11 is 0. The van der Waals surface area contributed by atoms with Gasteiger partial charge in [0, 0.05) is 18.9 Å². The van der Waals surface area contributed by atoms with Gasteiger partial charge in [-0.05, 0) is 18.6 Å². The largest absolute Gasteiger partial charge is 0.323 e. The molecule has 1 heterocycles. The van der Waals surface area contributed by atoms with Gasteiger partial charge in [-0.2, -0.15) is 0 Å². The van der Waals surface area contributed by atoms with Crippen LogP contribution >= 0.6 is 0 Å². The molecule has 2 aromatic rings. The van der Waals surface area contributed by atoms with Crippen LogP contribution in [0.2, 0.25) is 0 Å². The molecule has 3 nitrogen and oxygen atoms in total. The average molecular weight is 237 g/mol. The van der Waals surface area contributed by atoms with Crippen molar-refractivity contribution in [3.63, 3.8) is 0 Å². The topological polar surface area (TPSA) is 29.9 Å². The molecule has 0 saturated heterocycles. The third-order valence-electron chi connectivity index (χ3n) is 2.38. The van der Waals surface area contributed by atoms with Crippen molar-refractivity contribution in [1.82, 2.24) is 9.55 Å². The SMILES string of the molecule is CCCn1ccnc1Nc1cccc(F)c1F. The van der Waals surface area contributed by atoms with Gasteiger partial charge in [0.25, 0.3) is 0 Å². The number of nitrogens with one attached hydrogen (secondary N) is 1. The van der Waals surface area contributed by atoms with Crippen LogP contribution < -0.4 is 5.32 Å². The smallest absolute Gasteiger partial charge is 0.207 e. The van der Waals surface area contributed by atoms with Crippen LogP contribution in [0.4, 0.5) is 20.4 Å². The van der Waals surface area contributed by atoms with E-state index in [1.807, 2.05) is 11.5 Å². The molecule has 17 heavy (non-hydrogen) atoms. The van der Waals surface area contributed by atoms with Crippen molar-refractivity contribution in [1.29, 1.82) is 0 Å². The fourth-order valence-electron chi connectivity index (χ4n) is 1.58. The number of halogens is 2. The zero-order valence-corrected chi connectivity index (χ0v) is 9.45. The second-order valence-electron chi connectivity index (χ2n) is 3.67. The number of nitrogens with zero attached hydrogens (tertiary/aromatic N) is 2. The summed E-state index contributed by atoms with van der Waals surface area (Å²) in [6, 6.07) is 4.01. The summed E-state index contributed by atoms with van der Waals surface area (Å²) in [4.78, 5) is 4.06. The first-order valence-corrected chi connectivity index (χ1v) is 5.44. The van der Waals surface area contributed by atoms with Gasteiger partial charge in [-0.3, -0.25) is 0 Å². The minimum atomic E-state index is -0.890. The molecule has 1 N–H and O–H groups in total. The number of aromatic nitrogens is 2. The number of anilines is 2. The van der Waals surface area contributed by atoms with Crippen LogP contribution in [0, 0.1) is 11.6 Å². The van der Waals surface area contributed by atoms with E-state index in [9.17, 15) is 8.78 Å². The monoisotopic (exact) mass is 237 g/mol. The summed E-state index contributed by atoms with van der Waals surface area (Å²) < 4.78 is 28.3. The van der Waals surface area contributed by atoms with E-state index in [4.69, 9.17) is 0 Å². The number of aryl methyl sites for hydroxylation is 1. The van der Waals surface area contributed by atoms with Crippen molar-refractivity contribution in [3.05, 3.63) is 42.2 Å². The Balaban J connectivity index is 2.25. The molecule has 0 spiro atoms. The first-order valence-electron chi connectivity index (χ1n) is 5.44. The molecule has 0 aliphatic carbocycles. The maximum absolute atomic E-state index is 13.4. The third kappa shape index (κ3) is 2.43. The van der Waals surface area contributed by atoms with Gasteiger partial charge in [0.15, 0.2) is 11.6 Å². The van der Waals surface area contributed by atoms with Crippen LogP contribution in [0.15, 0.2) is 30.6 Å². The minimum Gasteiger partial charge on any atom is -0.323 e. The highest BCUT2D eigenvalue weighted by Gasteiger charge is 2.09. The predicted molar refractivity (Wildman–Crippen MR) is 62.2 cm³/mol. The second-order valence-corrected chi connectivity index (χ2v) is 3.67. The Morgan fingerprint density at radius 2 is 2.18 bits per heavy atom. The quantitative estimate of drug-likeness (QED) is 0.884. The van der Waals surface area contributed by atoms with Crippen molar-refractivity contribution in [2.24, 2.45) is 0 Å². The Bertz CT molecular complexity index is 508. The molecule has 0 aliphatic heterocycles. The lowest BCUT2D eigenvalue weighted by Gasteiger charge is -2.09. The molecule has 0 unspecified atom stereocenters. The molecule has 0 aliphatic rings. The molecule has 90 valence electrons. The Labute approximate surface area is 98.1 Å². The van der Waals surface area contributed by atoms with Gasteiger partial charge in [0.2, 0.25) is 5.95 Å². The summed E-state index contributed by atoms with van der Waals surface area (Å²) in [6.07, 6.45) is 4.36. The molecular weight excluding hydrogens is 224 g/mol. The highest BCUT2D eigenvalue weighted by Crippen LogP contribution is 2.20. The van der Waals surface area contributed by atoms with Crippen LogP contribution in [-0.2, 0) is 6.54 Å². The van der Waals surface area contributed by atoms with E-state index in [2.05, 4.69) is 10.3 Å². The van der Waals surface area contributed by atoms with E-state index in [-0.39, 0.29) is 5.69 Å². The maximum Gasteiger partial charge on any atom is 0.207 e. The first-order chi connectivity index (χ1) is 8.22. The maximum atomic E-state index is 13.4. The van der Waals surface area contributed by atoms with Gasteiger partial charge < -0.3 is 9.88 Å². The molecule has 0 saturated carbocycles. The summed E-state index contributed by atoms with van der Waals surface area (Å²) in [7, 11) is 0. The molecule has 0 amide bonds. The van der Waals surface area contributed by atoms with E-state index in [0.29, 0.717) is 5.95 Å². The molecule has 0 bridgehead atoms. The van der Waals surface area contributed by atoms with Crippen LogP contribution in [0.25, 0.3) is 0 Å². The summed E-state index contributed by atoms with van der Waals surface area (Å²) in [5, 5.41) is 2.78. The number of hydrogen-bond acceptors (Lipinski definition) is 2. The van der Waals surface area contributed by atoms with Gasteiger partial charge in [-0.25, -0.2) is 13.8 Å². The predicted octanol–water partition coefficient (Wildman–Crippen LogP) is 3.31. The zero-order chi connectivity index (χ0) is 12.3. The lowest BCUT2D eigenvalue weighted by atomic mass is 10.3. The molecule has 0 radical (unpaired) electrons. The zero-order valence-electron chi connectivity index (χ0n) is 9.45. The molecule has 1 aromatic heterocycles. The summed E-state index contributed by atoms with van der Waals surface area (Å²) in [5.41, 5.74) is 0.0913. The molecule has 0 fully saturated rings. The summed E-state index contributed by atoms with van der Waals surface area (Å²) in [6.45, 7) is 2.81. The molecule has 0 atom stereocenters. The minimum absolute atomic E-state index is 0.0913. The van der Waals surface area contributed by atoms with Crippen LogP contribution in [0.3, 0.4) is 0 Å². The van der Waals surface area contributed by atoms with Crippen molar-refractivity contribution >= 4 is 11.6 Å². The molecule has 5 heteroatoms. The van der Waals surface area contributed by atoms with E-state index >= 15 is 0 Å². The highest BCUT2D eigenvalue weighted by molar-refractivity contribution is 5.54. The molecule has 2 rings (SSSR count). The fraction of sp³-hybridized carbons (Fsp3) is 0.250.